The van der Waals surface area contributed by atoms with Crippen molar-refractivity contribution in [3.05, 3.63) is 0 Å². The van der Waals surface area contributed by atoms with Crippen molar-refractivity contribution in [2.24, 2.45) is 4.99 Å². The summed E-state index contributed by atoms with van der Waals surface area (Å²) in [4.78, 5) is 4.25. The molecule has 5 nitrogen and oxygen atoms in total. The van der Waals surface area contributed by atoms with E-state index in [1.165, 1.54) is 0 Å². The molecule has 1 unspecified atom stereocenters. The Hall–Kier alpha value is -1.02. The average molecular weight is 299 g/mol. The molecule has 0 fully saturated rings. The van der Waals surface area contributed by atoms with Gasteiger partial charge in [-0.1, -0.05) is 0 Å². The molecule has 0 aliphatic rings. The highest BCUT2D eigenvalue weighted by Crippen LogP contribution is 2.14. The second-order valence-corrected chi connectivity index (χ2v) is 4.28. The van der Waals surface area contributed by atoms with Crippen LogP contribution in [0.15, 0.2) is 4.99 Å². The van der Waals surface area contributed by atoms with E-state index in [0.29, 0.717) is 32.1 Å². The lowest BCUT2D eigenvalue weighted by Crippen LogP contribution is -2.44. The fraction of sp³-hybridized carbons (Fsp3) is 0.917. The minimum atomic E-state index is -4.27. The van der Waals surface area contributed by atoms with Crippen molar-refractivity contribution in [3.8, 4) is 0 Å². The van der Waals surface area contributed by atoms with Gasteiger partial charge in [0.05, 0.1) is 6.61 Å². The standard InChI is InChI=1S/C12H24F3N3O2/c1-4-16-11(18-10(2)8-19-3)17-6-5-7-20-9-12(13,14)15/h10H,4-9H2,1-3H3,(H2,16,17,18). The maximum atomic E-state index is 11.8. The van der Waals surface area contributed by atoms with Gasteiger partial charge in [0.25, 0.3) is 0 Å². The molecule has 0 spiro atoms. The van der Waals surface area contributed by atoms with Crippen molar-refractivity contribution in [2.45, 2.75) is 32.5 Å². The van der Waals surface area contributed by atoms with Crippen molar-refractivity contribution in [3.63, 3.8) is 0 Å². The van der Waals surface area contributed by atoms with Crippen LogP contribution >= 0.6 is 0 Å². The maximum absolute atomic E-state index is 11.8. The lowest BCUT2D eigenvalue weighted by Gasteiger charge is -2.17. The fourth-order valence-corrected chi connectivity index (χ4v) is 1.39. The molecule has 0 saturated carbocycles. The Balaban J connectivity index is 3.90. The third-order valence-electron chi connectivity index (χ3n) is 2.13. The average Bonchev–Trinajstić information content (AvgIpc) is 2.32. The number of ether oxygens (including phenoxy) is 2. The largest absolute Gasteiger partial charge is 0.411 e. The summed E-state index contributed by atoms with van der Waals surface area (Å²) in [6.45, 7) is 4.35. The molecule has 0 rings (SSSR count). The molecule has 0 aromatic heterocycles. The number of rotatable bonds is 9. The number of aliphatic imine (C=N–C) groups is 1. The molecule has 8 heteroatoms. The van der Waals surface area contributed by atoms with E-state index >= 15 is 0 Å². The molecule has 1 atom stereocenters. The van der Waals surface area contributed by atoms with Gasteiger partial charge in [-0.25, -0.2) is 0 Å². The SMILES string of the molecule is CCNC(=NCCCOCC(F)(F)F)NC(C)COC. The number of hydrogen-bond acceptors (Lipinski definition) is 3. The highest BCUT2D eigenvalue weighted by atomic mass is 19.4. The van der Waals surface area contributed by atoms with Crippen molar-refractivity contribution >= 4 is 5.96 Å². The molecule has 0 bridgehead atoms. The van der Waals surface area contributed by atoms with Crippen LogP contribution in [0.5, 0.6) is 0 Å². The second kappa shape index (κ2) is 10.7. The van der Waals surface area contributed by atoms with Crippen LogP contribution in [-0.4, -0.2) is 58.2 Å². The first-order chi connectivity index (χ1) is 9.39. The smallest absolute Gasteiger partial charge is 0.383 e. The van der Waals surface area contributed by atoms with E-state index in [4.69, 9.17) is 4.74 Å². The molecule has 0 aliphatic heterocycles. The van der Waals surface area contributed by atoms with Gasteiger partial charge < -0.3 is 20.1 Å². The molecule has 0 radical (unpaired) electrons. The Bertz CT molecular complexity index is 273. The van der Waals surface area contributed by atoms with Gasteiger partial charge >= 0.3 is 6.18 Å². The van der Waals surface area contributed by atoms with Gasteiger partial charge in [0.1, 0.15) is 6.61 Å². The Morgan fingerprint density at radius 3 is 2.60 bits per heavy atom. The third kappa shape index (κ3) is 12.0. The molecule has 2 N–H and O–H groups in total. The van der Waals surface area contributed by atoms with Gasteiger partial charge in [0.2, 0.25) is 0 Å². The fourth-order valence-electron chi connectivity index (χ4n) is 1.39. The zero-order valence-corrected chi connectivity index (χ0v) is 12.2. The summed E-state index contributed by atoms with van der Waals surface area (Å²) in [7, 11) is 1.61. The zero-order chi connectivity index (χ0) is 15.4. The third-order valence-corrected chi connectivity index (χ3v) is 2.13. The molecule has 0 saturated heterocycles. The van der Waals surface area contributed by atoms with E-state index in [0.717, 1.165) is 0 Å². The summed E-state index contributed by atoms with van der Waals surface area (Å²) >= 11 is 0. The number of alkyl halides is 3. The van der Waals surface area contributed by atoms with Crippen molar-refractivity contribution in [1.82, 2.24) is 10.6 Å². The number of methoxy groups -OCH3 is 1. The molecular weight excluding hydrogens is 275 g/mol. The second-order valence-electron chi connectivity index (χ2n) is 4.28. The molecule has 0 aromatic carbocycles. The molecule has 0 aliphatic carbocycles. The van der Waals surface area contributed by atoms with E-state index in [1.807, 2.05) is 13.8 Å². The summed E-state index contributed by atoms with van der Waals surface area (Å²) < 4.78 is 45.0. The monoisotopic (exact) mass is 299 g/mol. The highest BCUT2D eigenvalue weighted by molar-refractivity contribution is 5.80. The Labute approximate surface area is 117 Å². The van der Waals surface area contributed by atoms with Gasteiger partial charge in [-0.15, -0.1) is 0 Å². The van der Waals surface area contributed by atoms with E-state index in [2.05, 4.69) is 20.4 Å². The van der Waals surface area contributed by atoms with Crippen LogP contribution in [0.4, 0.5) is 13.2 Å². The summed E-state index contributed by atoms with van der Waals surface area (Å²) in [5.41, 5.74) is 0. The topological polar surface area (TPSA) is 54.9 Å². The van der Waals surface area contributed by atoms with Crippen LogP contribution in [-0.2, 0) is 9.47 Å². The first kappa shape index (κ1) is 19.0. The van der Waals surface area contributed by atoms with E-state index in [9.17, 15) is 13.2 Å². The Kier molecular flexibility index (Phi) is 10.2. The van der Waals surface area contributed by atoms with Gasteiger partial charge in [0.15, 0.2) is 5.96 Å². The van der Waals surface area contributed by atoms with E-state index < -0.39 is 12.8 Å². The van der Waals surface area contributed by atoms with Gasteiger partial charge in [-0.2, -0.15) is 13.2 Å². The predicted molar refractivity (Wildman–Crippen MR) is 71.9 cm³/mol. The zero-order valence-electron chi connectivity index (χ0n) is 12.2. The van der Waals surface area contributed by atoms with Crippen molar-refractivity contribution in [1.29, 1.82) is 0 Å². The molecule has 0 aromatic rings. The summed E-state index contributed by atoms with van der Waals surface area (Å²) in [6.07, 6.45) is -3.83. The first-order valence-electron chi connectivity index (χ1n) is 6.57. The number of nitrogens with zero attached hydrogens (tertiary/aromatic N) is 1. The predicted octanol–water partition coefficient (Wildman–Crippen LogP) is 1.55. The Morgan fingerprint density at radius 2 is 2.05 bits per heavy atom. The quantitative estimate of drug-likeness (QED) is 0.385. The minimum Gasteiger partial charge on any atom is -0.383 e. The van der Waals surface area contributed by atoms with Crippen molar-refractivity contribution in [2.75, 3.05) is 40.0 Å². The molecule has 0 amide bonds. The Morgan fingerprint density at radius 1 is 1.35 bits per heavy atom. The van der Waals surface area contributed by atoms with Crippen LogP contribution in [0.3, 0.4) is 0 Å². The van der Waals surface area contributed by atoms with Gasteiger partial charge in [-0.3, -0.25) is 4.99 Å². The normalized spacial score (nSPS) is 14.2. The van der Waals surface area contributed by atoms with Gasteiger partial charge in [0, 0.05) is 32.8 Å². The molecule has 0 heterocycles. The maximum Gasteiger partial charge on any atom is 0.411 e. The number of guanidine groups is 1. The van der Waals surface area contributed by atoms with Crippen LogP contribution < -0.4 is 10.6 Å². The molecular formula is C12H24F3N3O2. The van der Waals surface area contributed by atoms with Crippen molar-refractivity contribution < 1.29 is 22.6 Å². The summed E-state index contributed by atoms with van der Waals surface area (Å²) in [6, 6.07) is 0.0966. The lowest BCUT2D eigenvalue weighted by molar-refractivity contribution is -0.173. The summed E-state index contributed by atoms with van der Waals surface area (Å²) in [5, 5.41) is 6.18. The van der Waals surface area contributed by atoms with Gasteiger partial charge in [-0.05, 0) is 20.3 Å². The van der Waals surface area contributed by atoms with Crippen LogP contribution in [0.25, 0.3) is 0 Å². The number of nitrogens with one attached hydrogen (secondary N) is 2. The number of halogens is 3. The van der Waals surface area contributed by atoms with E-state index in [1.54, 1.807) is 7.11 Å². The highest BCUT2D eigenvalue weighted by Gasteiger charge is 2.27. The first-order valence-corrected chi connectivity index (χ1v) is 6.57. The lowest BCUT2D eigenvalue weighted by atomic mass is 10.4. The van der Waals surface area contributed by atoms with E-state index in [-0.39, 0.29) is 12.6 Å². The minimum absolute atomic E-state index is 0.0377. The summed E-state index contributed by atoms with van der Waals surface area (Å²) in [5.74, 6) is 0.618. The van der Waals surface area contributed by atoms with Crippen LogP contribution in [0, 0.1) is 0 Å². The van der Waals surface area contributed by atoms with Crippen LogP contribution in [0.2, 0.25) is 0 Å². The molecule has 120 valence electrons. The number of hydrogen-bond donors (Lipinski definition) is 2. The molecule has 20 heavy (non-hydrogen) atoms. The van der Waals surface area contributed by atoms with Crippen LogP contribution in [0.1, 0.15) is 20.3 Å².